The van der Waals surface area contributed by atoms with Crippen LogP contribution >= 0.6 is 39.0 Å². The van der Waals surface area contributed by atoms with Crippen LogP contribution in [0.2, 0.25) is 0 Å². The highest BCUT2D eigenvalue weighted by Gasteiger charge is 2.27. The van der Waals surface area contributed by atoms with E-state index >= 15 is 0 Å². The Bertz CT molecular complexity index is 470. The number of halogens is 1. The summed E-state index contributed by atoms with van der Waals surface area (Å²) in [4.78, 5) is 0. The van der Waals surface area contributed by atoms with Crippen LogP contribution in [0.4, 0.5) is 0 Å². The molecule has 1 saturated heterocycles. The molecule has 0 aromatic carbocycles. The zero-order chi connectivity index (χ0) is 12.5. The summed E-state index contributed by atoms with van der Waals surface area (Å²) >= 11 is 6.51. The Hall–Kier alpha value is 0.440. The molecule has 0 N–H and O–H groups in total. The number of thioether (sulfide) groups is 1. The van der Waals surface area contributed by atoms with Crippen LogP contribution in [0.1, 0.15) is 12.0 Å². The Morgan fingerprint density at radius 3 is 2.76 bits per heavy atom. The van der Waals surface area contributed by atoms with Gasteiger partial charge in [-0.15, -0.1) is 11.3 Å². The first-order chi connectivity index (χ1) is 8.01. The van der Waals surface area contributed by atoms with E-state index in [0.29, 0.717) is 17.3 Å². The van der Waals surface area contributed by atoms with E-state index in [1.165, 1.54) is 11.3 Å². The van der Waals surface area contributed by atoms with Gasteiger partial charge in [0.2, 0.25) is 0 Å². The highest BCUT2D eigenvalue weighted by atomic mass is 79.9. The van der Waals surface area contributed by atoms with E-state index in [1.54, 1.807) is 10.4 Å². The van der Waals surface area contributed by atoms with Crippen LogP contribution in [0.15, 0.2) is 14.1 Å². The largest absolute Gasteiger partial charge is 0.252 e. The summed E-state index contributed by atoms with van der Waals surface area (Å²) in [5, 5.41) is 0. The maximum Gasteiger partial charge on any atom is 0.252 e. The van der Waals surface area contributed by atoms with Crippen LogP contribution in [0.3, 0.4) is 0 Å². The first-order valence-electron chi connectivity index (χ1n) is 5.35. The van der Waals surface area contributed by atoms with E-state index < -0.39 is 10.0 Å². The Kier molecular flexibility index (Phi) is 4.57. The van der Waals surface area contributed by atoms with E-state index in [4.69, 9.17) is 0 Å². The summed E-state index contributed by atoms with van der Waals surface area (Å²) in [7, 11) is -3.28. The average Bonchev–Trinajstić information content (AvgIpc) is 2.54. The zero-order valence-corrected chi connectivity index (χ0v) is 13.5. The van der Waals surface area contributed by atoms with Crippen molar-refractivity contribution in [2.45, 2.75) is 17.6 Å². The van der Waals surface area contributed by atoms with Crippen molar-refractivity contribution in [2.75, 3.05) is 24.6 Å². The molecule has 1 aromatic heterocycles. The number of hydrogen-bond acceptors (Lipinski definition) is 4. The summed E-state index contributed by atoms with van der Waals surface area (Å²) in [6.07, 6.45) is 0.940. The van der Waals surface area contributed by atoms with Gasteiger partial charge in [0.25, 0.3) is 10.0 Å². The molecule has 1 fully saturated rings. The topological polar surface area (TPSA) is 37.4 Å². The van der Waals surface area contributed by atoms with Crippen molar-refractivity contribution in [3.05, 3.63) is 15.4 Å². The Balaban J connectivity index is 2.28. The first-order valence-corrected chi connectivity index (χ1v) is 9.56. The highest BCUT2D eigenvalue weighted by Crippen LogP contribution is 2.32. The van der Waals surface area contributed by atoms with Crippen LogP contribution < -0.4 is 0 Å². The number of hydrogen-bond donors (Lipinski definition) is 0. The number of nitrogens with zero attached hydrogens (tertiary/aromatic N) is 1. The molecule has 7 heteroatoms. The lowest BCUT2D eigenvalue weighted by Gasteiger charge is -2.18. The molecule has 1 aromatic rings. The fraction of sp³-hybridized carbons (Fsp3) is 0.600. The summed E-state index contributed by atoms with van der Waals surface area (Å²) in [5.41, 5.74) is 0.984. The first kappa shape index (κ1) is 13.9. The van der Waals surface area contributed by atoms with Crippen molar-refractivity contribution in [3.8, 4) is 0 Å². The average molecular weight is 356 g/mol. The molecule has 0 radical (unpaired) electrons. The minimum atomic E-state index is -3.28. The van der Waals surface area contributed by atoms with E-state index in [1.807, 2.05) is 18.7 Å². The monoisotopic (exact) mass is 355 g/mol. The van der Waals surface area contributed by atoms with Gasteiger partial charge in [0, 0.05) is 18.8 Å². The van der Waals surface area contributed by atoms with E-state index in [9.17, 15) is 8.42 Å². The molecule has 0 saturated carbocycles. The van der Waals surface area contributed by atoms with Gasteiger partial charge in [-0.1, -0.05) is 0 Å². The van der Waals surface area contributed by atoms with Crippen molar-refractivity contribution in [2.24, 2.45) is 0 Å². The molecular weight excluding hydrogens is 342 g/mol. The molecule has 0 atom stereocenters. The van der Waals surface area contributed by atoms with Crippen molar-refractivity contribution in [1.82, 2.24) is 4.31 Å². The van der Waals surface area contributed by atoms with Crippen molar-refractivity contribution < 1.29 is 8.42 Å². The van der Waals surface area contributed by atoms with Crippen LogP contribution in [-0.2, 0) is 10.0 Å². The van der Waals surface area contributed by atoms with Crippen molar-refractivity contribution in [3.63, 3.8) is 0 Å². The van der Waals surface area contributed by atoms with Gasteiger partial charge in [0.1, 0.15) is 4.21 Å². The van der Waals surface area contributed by atoms with E-state index in [2.05, 4.69) is 15.9 Å². The lowest BCUT2D eigenvalue weighted by molar-refractivity contribution is 0.436. The smallest absolute Gasteiger partial charge is 0.206 e. The van der Waals surface area contributed by atoms with Gasteiger partial charge in [0.05, 0.1) is 3.79 Å². The molecule has 96 valence electrons. The van der Waals surface area contributed by atoms with E-state index in [-0.39, 0.29) is 0 Å². The van der Waals surface area contributed by atoms with Crippen LogP contribution in [0.25, 0.3) is 0 Å². The van der Waals surface area contributed by atoms with Gasteiger partial charge in [-0.05, 0) is 46.7 Å². The molecule has 0 unspecified atom stereocenters. The molecule has 17 heavy (non-hydrogen) atoms. The quantitative estimate of drug-likeness (QED) is 0.818. The fourth-order valence-corrected chi connectivity index (χ4v) is 6.51. The highest BCUT2D eigenvalue weighted by molar-refractivity contribution is 9.11. The molecule has 0 aliphatic carbocycles. The van der Waals surface area contributed by atoms with Gasteiger partial charge in [-0.3, -0.25) is 0 Å². The van der Waals surface area contributed by atoms with Gasteiger partial charge in [-0.2, -0.15) is 16.1 Å². The second-order valence-corrected chi connectivity index (χ2v) is 9.65. The zero-order valence-electron chi connectivity index (χ0n) is 9.48. The number of aryl methyl sites for hydroxylation is 1. The maximum absolute atomic E-state index is 12.4. The lowest BCUT2D eigenvalue weighted by atomic mass is 10.4. The van der Waals surface area contributed by atoms with Gasteiger partial charge < -0.3 is 0 Å². The van der Waals surface area contributed by atoms with Gasteiger partial charge in [-0.25, -0.2) is 8.42 Å². The van der Waals surface area contributed by atoms with E-state index in [0.717, 1.165) is 27.3 Å². The third-order valence-electron chi connectivity index (χ3n) is 2.61. The third-order valence-corrected chi connectivity index (χ3v) is 8.14. The maximum atomic E-state index is 12.4. The van der Waals surface area contributed by atoms with Crippen LogP contribution in [-0.4, -0.2) is 37.3 Å². The number of sulfonamides is 1. The number of rotatable bonds is 2. The molecule has 0 spiro atoms. The summed E-state index contributed by atoms with van der Waals surface area (Å²) in [6.45, 7) is 3.18. The van der Waals surface area contributed by atoms with Gasteiger partial charge >= 0.3 is 0 Å². The Morgan fingerprint density at radius 2 is 2.12 bits per heavy atom. The molecule has 0 amide bonds. The Labute approximate surface area is 119 Å². The van der Waals surface area contributed by atoms with Crippen LogP contribution in [0.5, 0.6) is 0 Å². The second-order valence-electron chi connectivity index (χ2n) is 3.89. The lowest BCUT2D eigenvalue weighted by Crippen LogP contribution is -2.32. The SMILES string of the molecule is Cc1cc(S(=O)(=O)N2CCCSCC2)sc1Br. The molecule has 0 bridgehead atoms. The van der Waals surface area contributed by atoms with Crippen molar-refractivity contribution in [1.29, 1.82) is 0 Å². The molecule has 1 aliphatic heterocycles. The molecule has 1 aliphatic rings. The fourth-order valence-electron chi connectivity index (χ4n) is 1.65. The normalized spacial score (nSPS) is 19.2. The number of thiophene rings is 1. The molecule has 2 heterocycles. The summed E-state index contributed by atoms with van der Waals surface area (Å²) in [5.74, 6) is 1.95. The Morgan fingerprint density at radius 1 is 1.35 bits per heavy atom. The second kappa shape index (κ2) is 5.61. The summed E-state index contributed by atoms with van der Waals surface area (Å²) < 4.78 is 27.8. The standard InChI is InChI=1S/C10H14BrNO2S3/c1-8-7-9(16-10(8)11)17(13,14)12-3-2-5-15-6-4-12/h7H,2-6H2,1H3. The third kappa shape index (κ3) is 3.07. The minimum Gasteiger partial charge on any atom is -0.206 e. The molecule has 2 rings (SSSR count). The minimum absolute atomic E-state index is 0.453. The molecule has 3 nitrogen and oxygen atoms in total. The predicted octanol–water partition coefficient (Wildman–Crippen LogP) is 2.95. The van der Waals surface area contributed by atoms with Crippen molar-refractivity contribution >= 4 is 49.1 Å². The van der Waals surface area contributed by atoms with Crippen LogP contribution in [0, 0.1) is 6.92 Å². The predicted molar refractivity (Wildman–Crippen MR) is 77.5 cm³/mol. The summed E-state index contributed by atoms with van der Waals surface area (Å²) in [6, 6.07) is 1.75. The van der Waals surface area contributed by atoms with Gasteiger partial charge in [0.15, 0.2) is 0 Å². The molecular formula is C10H14BrNO2S3.